The van der Waals surface area contributed by atoms with Gasteiger partial charge in [0.2, 0.25) is 0 Å². The van der Waals surface area contributed by atoms with E-state index in [0.29, 0.717) is 16.9 Å². The molecular formula is C24H25N5O3. The number of ether oxygens (including phenoxy) is 2. The van der Waals surface area contributed by atoms with Crippen molar-refractivity contribution in [3.63, 3.8) is 0 Å². The molecule has 8 nitrogen and oxygen atoms in total. The fourth-order valence-corrected chi connectivity index (χ4v) is 4.49. The molecule has 1 fully saturated rings. The first kappa shape index (κ1) is 20.2. The summed E-state index contributed by atoms with van der Waals surface area (Å²) in [5.41, 5.74) is 2.64. The molecule has 2 aromatic heterocycles. The van der Waals surface area contributed by atoms with Gasteiger partial charge in [0.25, 0.3) is 5.56 Å². The maximum absolute atomic E-state index is 13.1. The van der Waals surface area contributed by atoms with E-state index < -0.39 is 0 Å². The van der Waals surface area contributed by atoms with Crippen molar-refractivity contribution < 1.29 is 9.47 Å². The Morgan fingerprint density at radius 3 is 2.41 bits per heavy atom. The summed E-state index contributed by atoms with van der Waals surface area (Å²) >= 11 is 0. The van der Waals surface area contributed by atoms with E-state index in [2.05, 4.69) is 19.9 Å². The minimum absolute atomic E-state index is 0.0291. The van der Waals surface area contributed by atoms with Gasteiger partial charge in [0, 0.05) is 30.6 Å². The lowest BCUT2D eigenvalue weighted by molar-refractivity contribution is 0.355. The molecule has 0 spiro atoms. The van der Waals surface area contributed by atoms with Crippen molar-refractivity contribution in [2.24, 2.45) is 0 Å². The first-order chi connectivity index (χ1) is 15.6. The number of anilines is 1. The van der Waals surface area contributed by atoms with Gasteiger partial charge in [-0.15, -0.1) is 0 Å². The van der Waals surface area contributed by atoms with Gasteiger partial charge in [-0.2, -0.15) is 0 Å². The van der Waals surface area contributed by atoms with E-state index in [1.165, 1.54) is 0 Å². The van der Waals surface area contributed by atoms with Gasteiger partial charge in [0.15, 0.2) is 11.5 Å². The zero-order valence-electron chi connectivity index (χ0n) is 18.4. The Morgan fingerprint density at radius 1 is 0.906 bits per heavy atom. The van der Waals surface area contributed by atoms with E-state index >= 15 is 0 Å². The van der Waals surface area contributed by atoms with E-state index in [0.717, 1.165) is 53.7 Å². The van der Waals surface area contributed by atoms with Crippen LogP contribution in [0, 0.1) is 6.92 Å². The van der Waals surface area contributed by atoms with Crippen LogP contribution in [-0.4, -0.2) is 46.8 Å². The van der Waals surface area contributed by atoms with Gasteiger partial charge in [-0.25, -0.2) is 15.0 Å². The molecule has 0 bridgehead atoms. The Kier molecular flexibility index (Phi) is 5.13. The van der Waals surface area contributed by atoms with Crippen LogP contribution >= 0.6 is 0 Å². The van der Waals surface area contributed by atoms with Crippen molar-refractivity contribution >= 4 is 27.6 Å². The number of piperidine rings is 1. The van der Waals surface area contributed by atoms with Crippen LogP contribution in [0.3, 0.4) is 0 Å². The van der Waals surface area contributed by atoms with Gasteiger partial charge >= 0.3 is 0 Å². The van der Waals surface area contributed by atoms with Crippen molar-refractivity contribution in [3.8, 4) is 11.5 Å². The monoisotopic (exact) mass is 431 g/mol. The van der Waals surface area contributed by atoms with Crippen LogP contribution in [0.25, 0.3) is 21.8 Å². The van der Waals surface area contributed by atoms with Gasteiger partial charge in [0.1, 0.15) is 12.1 Å². The minimum atomic E-state index is 0.0291. The molecule has 4 aromatic rings. The van der Waals surface area contributed by atoms with Crippen molar-refractivity contribution in [1.82, 2.24) is 19.5 Å². The average Bonchev–Trinajstić information content (AvgIpc) is 2.83. The highest BCUT2D eigenvalue weighted by Gasteiger charge is 2.24. The quantitative estimate of drug-likeness (QED) is 0.489. The fraction of sp³-hybridized carbons (Fsp3) is 0.333. The van der Waals surface area contributed by atoms with Gasteiger partial charge in [-0.1, -0.05) is 11.6 Å². The summed E-state index contributed by atoms with van der Waals surface area (Å²) in [6.45, 7) is 3.55. The second-order valence-electron chi connectivity index (χ2n) is 8.12. The number of fused-ring (bicyclic) bond motifs is 2. The van der Waals surface area contributed by atoms with Crippen LogP contribution < -0.4 is 19.9 Å². The van der Waals surface area contributed by atoms with Crippen molar-refractivity contribution in [2.45, 2.75) is 25.8 Å². The largest absolute Gasteiger partial charge is 0.493 e. The molecular weight excluding hydrogens is 406 g/mol. The minimum Gasteiger partial charge on any atom is -0.493 e. The molecule has 0 amide bonds. The standard InChI is InChI=1S/C24H25N5O3/c1-15-4-5-19-18(10-15)24(30)29(14-27-19)16-6-8-28(9-7-16)23-17-11-21(31-2)22(32-3)12-20(17)25-13-26-23/h4-5,10-14,16H,6-9H2,1-3H3. The number of aromatic nitrogens is 4. The number of hydrogen-bond donors (Lipinski definition) is 0. The van der Waals surface area contributed by atoms with Gasteiger partial charge in [0.05, 0.1) is 37.0 Å². The second kappa shape index (κ2) is 8.11. The third-order valence-corrected chi connectivity index (χ3v) is 6.22. The molecule has 1 aliphatic heterocycles. The SMILES string of the molecule is COc1cc2ncnc(N3CCC(n4cnc5ccc(C)cc5c4=O)CC3)c2cc1OC. The summed E-state index contributed by atoms with van der Waals surface area (Å²) in [7, 11) is 3.23. The third kappa shape index (κ3) is 3.41. The van der Waals surface area contributed by atoms with E-state index in [9.17, 15) is 4.79 Å². The zero-order chi connectivity index (χ0) is 22.2. The molecule has 3 heterocycles. The molecule has 0 N–H and O–H groups in total. The number of aryl methyl sites for hydroxylation is 1. The summed E-state index contributed by atoms with van der Waals surface area (Å²) in [4.78, 5) is 28.8. The molecule has 0 saturated carbocycles. The molecule has 0 aliphatic carbocycles. The molecule has 32 heavy (non-hydrogen) atoms. The number of nitrogens with zero attached hydrogens (tertiary/aromatic N) is 5. The molecule has 1 saturated heterocycles. The van der Waals surface area contributed by atoms with Crippen LogP contribution in [0.5, 0.6) is 11.5 Å². The number of hydrogen-bond acceptors (Lipinski definition) is 7. The van der Waals surface area contributed by atoms with E-state index in [4.69, 9.17) is 9.47 Å². The smallest absolute Gasteiger partial charge is 0.261 e. The molecule has 1 aliphatic rings. The Morgan fingerprint density at radius 2 is 1.66 bits per heavy atom. The average molecular weight is 431 g/mol. The maximum Gasteiger partial charge on any atom is 0.261 e. The number of methoxy groups -OCH3 is 2. The first-order valence-corrected chi connectivity index (χ1v) is 10.7. The fourth-order valence-electron chi connectivity index (χ4n) is 4.49. The lowest BCUT2D eigenvalue weighted by atomic mass is 10.0. The predicted molar refractivity (Wildman–Crippen MR) is 124 cm³/mol. The van der Waals surface area contributed by atoms with Crippen LogP contribution in [-0.2, 0) is 0 Å². The van der Waals surface area contributed by atoms with Crippen LogP contribution in [0.15, 0.2) is 47.8 Å². The van der Waals surface area contributed by atoms with Gasteiger partial charge in [-0.3, -0.25) is 9.36 Å². The van der Waals surface area contributed by atoms with Crippen molar-refractivity contribution in [1.29, 1.82) is 0 Å². The molecule has 2 aromatic carbocycles. The third-order valence-electron chi connectivity index (χ3n) is 6.22. The van der Waals surface area contributed by atoms with Crippen molar-refractivity contribution in [3.05, 3.63) is 58.9 Å². The summed E-state index contributed by atoms with van der Waals surface area (Å²) in [5.74, 6) is 2.16. The summed E-state index contributed by atoms with van der Waals surface area (Å²) < 4.78 is 12.7. The molecule has 164 valence electrons. The predicted octanol–water partition coefficient (Wildman–Crippen LogP) is 3.51. The van der Waals surface area contributed by atoms with Gasteiger partial charge in [-0.05, 0) is 38.0 Å². The van der Waals surface area contributed by atoms with Crippen LogP contribution in [0.1, 0.15) is 24.4 Å². The topological polar surface area (TPSA) is 82.4 Å². The molecule has 8 heteroatoms. The summed E-state index contributed by atoms with van der Waals surface area (Å²) in [5, 5.41) is 1.60. The lowest BCUT2D eigenvalue weighted by Gasteiger charge is -2.34. The van der Waals surface area contributed by atoms with Crippen LogP contribution in [0.4, 0.5) is 5.82 Å². The number of benzene rings is 2. The zero-order valence-corrected chi connectivity index (χ0v) is 18.4. The Hall–Kier alpha value is -3.68. The van der Waals surface area contributed by atoms with Crippen molar-refractivity contribution in [2.75, 3.05) is 32.2 Å². The van der Waals surface area contributed by atoms with E-state index in [1.807, 2.05) is 37.3 Å². The van der Waals surface area contributed by atoms with E-state index in [-0.39, 0.29) is 11.6 Å². The summed E-state index contributed by atoms with van der Waals surface area (Å²) in [6.07, 6.45) is 4.93. The maximum atomic E-state index is 13.1. The molecule has 5 rings (SSSR count). The highest BCUT2D eigenvalue weighted by molar-refractivity contribution is 5.92. The Balaban J connectivity index is 1.43. The highest BCUT2D eigenvalue weighted by atomic mass is 16.5. The Bertz CT molecular complexity index is 1360. The lowest BCUT2D eigenvalue weighted by Crippen LogP contribution is -2.38. The normalized spacial score (nSPS) is 14.8. The molecule has 0 radical (unpaired) electrons. The molecule has 0 atom stereocenters. The Labute approximate surface area is 185 Å². The number of rotatable bonds is 4. The molecule has 0 unspecified atom stereocenters. The van der Waals surface area contributed by atoms with Crippen LogP contribution in [0.2, 0.25) is 0 Å². The highest BCUT2D eigenvalue weighted by Crippen LogP contribution is 2.36. The summed E-state index contributed by atoms with van der Waals surface area (Å²) in [6, 6.07) is 9.71. The first-order valence-electron chi connectivity index (χ1n) is 10.7. The second-order valence-corrected chi connectivity index (χ2v) is 8.12. The van der Waals surface area contributed by atoms with E-state index in [1.54, 1.807) is 31.4 Å². The van der Waals surface area contributed by atoms with Gasteiger partial charge < -0.3 is 14.4 Å².